The van der Waals surface area contributed by atoms with Gasteiger partial charge in [0.25, 0.3) is 0 Å². The number of esters is 1. The number of aromatic nitrogens is 2. The van der Waals surface area contributed by atoms with Crippen LogP contribution in [0.25, 0.3) is 0 Å². The third kappa shape index (κ3) is 46.4. The first kappa shape index (κ1) is 104. The Morgan fingerprint density at radius 2 is 1.13 bits per heavy atom. The van der Waals surface area contributed by atoms with E-state index in [-0.39, 0.29) is 35.3 Å². The van der Waals surface area contributed by atoms with Gasteiger partial charge in [-0.2, -0.15) is 0 Å². The maximum atomic E-state index is 12.3. The predicted molar refractivity (Wildman–Crippen MR) is 482 cm³/mol. The molecule has 109 heavy (non-hydrogen) atoms. The number of unbranched alkanes of at least 4 members (excludes halogenated alkanes) is 2. The van der Waals surface area contributed by atoms with Gasteiger partial charge in [0.1, 0.15) is 8.07 Å². The molecule has 2 amide bonds. The van der Waals surface area contributed by atoms with Crippen molar-refractivity contribution >= 4 is 104 Å². The summed E-state index contributed by atoms with van der Waals surface area (Å²) in [6.07, 6.45) is 34.3. The molecule has 5 aliphatic rings. The molecule has 0 aromatic carbocycles. The van der Waals surface area contributed by atoms with Crippen molar-refractivity contribution in [2.24, 2.45) is 70.5 Å². The van der Waals surface area contributed by atoms with Crippen LogP contribution in [0, 0.1) is 162 Å². The molecule has 7 rings (SSSR count). The van der Waals surface area contributed by atoms with E-state index in [9.17, 15) is 14.4 Å². The summed E-state index contributed by atoms with van der Waals surface area (Å²) in [6.45, 7) is 48.7. The summed E-state index contributed by atoms with van der Waals surface area (Å²) in [5.41, 5.74) is 8.72. The first-order valence-electron chi connectivity index (χ1n) is 42.1. The quantitative estimate of drug-likeness (QED) is 0.0471. The molecule has 8 nitrogen and oxygen atoms in total. The van der Waals surface area contributed by atoms with Gasteiger partial charge in [-0.25, -0.2) is 0 Å². The molecule has 5 saturated carbocycles. The van der Waals surface area contributed by atoms with E-state index >= 15 is 0 Å². The van der Waals surface area contributed by atoms with Crippen LogP contribution in [0.5, 0.6) is 0 Å². The Hall–Kier alpha value is -3.01. The van der Waals surface area contributed by atoms with E-state index in [1.165, 1.54) is 96.3 Å². The molecule has 0 aliphatic heterocycles. The second-order valence-corrected chi connectivity index (χ2v) is 64.3. The number of amides is 2. The molecule has 596 valence electrons. The van der Waals surface area contributed by atoms with Crippen molar-refractivity contribution in [2.45, 2.75) is 354 Å². The molecule has 0 spiro atoms. The van der Waals surface area contributed by atoms with Crippen LogP contribution in [0.1, 0.15) is 344 Å². The summed E-state index contributed by atoms with van der Waals surface area (Å²) in [5.74, 6) is 42.6. The van der Waals surface area contributed by atoms with Crippen molar-refractivity contribution in [1.82, 2.24) is 20.6 Å². The third-order valence-electron chi connectivity index (χ3n) is 21.7. The number of carbonyl (C=O) groups is 3. The summed E-state index contributed by atoms with van der Waals surface area (Å²) in [4.78, 5) is 44.6. The standard InChI is InChI=1S/C21H42Si.2C15H17N2O.C12H18O2.C11H20.2C10H16.2PS.2Tl/c1-10-11-12-13-21(16-17(2)3)14-15-22(18(4)5,19(6)7)20(8)9;1-3-12-7-4-8-13(10-12)17-15(18)14-11(2)6-5-9-16-14;1-3-12-7-5-8-13(10-12)17-15(18)14-9-4-6-11(2)16-14;1-4-6-10-7-8-12(3,9-10)11(13)14-5-2;1-5-6-7-11(4)9-8-10(2)3;2*1-3-5-10-7-4-6-9(2)8-10;2*1-2;;/h17-21H,10-13,16H2,1-9H3;5-6,9,12-13H,4,7-8,10H2,2H3,(H,17,18);4,6,9,12-13H,5,7-8,10H2,2H3,(H,17,18);10H,5,7-9H2,1-3H3;10-11H,7-9H2,1-4H3;2*9-10H,4,6-8H2,1-2H3;;;;/q;;;;;;;2*-1;2*+2/t;;;;;9-,10?;;;;;/m.....0...../s1. The van der Waals surface area contributed by atoms with Crippen LogP contribution in [-0.2, 0) is 33.1 Å². The number of aryl methyl sites for hydroxylation is 2. The van der Waals surface area contributed by atoms with Gasteiger partial charge in [0, 0.05) is 30.1 Å². The minimum atomic E-state index is -1.55. The Kier molecular flexibility index (Phi) is 59.4. The van der Waals surface area contributed by atoms with Gasteiger partial charge in [0.05, 0.1) is 12.0 Å². The Morgan fingerprint density at radius 3 is 1.58 bits per heavy atom. The van der Waals surface area contributed by atoms with E-state index in [0.29, 0.717) is 53.5 Å². The van der Waals surface area contributed by atoms with Crippen molar-refractivity contribution in [3.63, 3.8) is 0 Å². The van der Waals surface area contributed by atoms with E-state index in [4.69, 9.17) is 28.4 Å². The number of hydrogen-bond donors (Lipinski definition) is 2. The Balaban J connectivity index is 0.000000650. The van der Waals surface area contributed by atoms with Gasteiger partial charge in [-0.1, -0.05) is 148 Å². The van der Waals surface area contributed by atoms with Crippen molar-refractivity contribution in [1.29, 1.82) is 0 Å². The first-order chi connectivity index (χ1) is 52.0. The minimum absolute atomic E-state index is 0.0552. The fraction of sp³-hybridized carbons (Fsp3) is 0.713. The van der Waals surface area contributed by atoms with Crippen LogP contribution in [0.15, 0.2) is 36.5 Å². The zero-order chi connectivity index (χ0) is 81.6. The van der Waals surface area contributed by atoms with E-state index in [0.717, 1.165) is 143 Å². The van der Waals surface area contributed by atoms with Gasteiger partial charge in [-0.15, -0.1) is 58.8 Å². The zero-order valence-corrected chi connectivity index (χ0v) is 85.8. The molecule has 0 bridgehead atoms. The molecule has 5 aliphatic carbocycles. The Morgan fingerprint density at radius 1 is 0.615 bits per heavy atom. The van der Waals surface area contributed by atoms with Crippen LogP contribution in [0.3, 0.4) is 0 Å². The molecule has 5 fully saturated rings. The maximum absolute atomic E-state index is 12.3. The molecule has 2 aromatic rings. The third-order valence-corrected chi connectivity index (χ3v) is 40.8. The van der Waals surface area contributed by atoms with Gasteiger partial charge in [-0.3, -0.25) is 4.79 Å². The van der Waals surface area contributed by atoms with Gasteiger partial charge in [0.15, 0.2) is 0 Å². The average molecular weight is 1960 g/mol. The molecular formula is C94H146N4O4P2S2SiTl2+2. The molecule has 2 N–H and O–H groups in total. The fourth-order valence-corrected chi connectivity index (χ4v) is 29.0. The fourth-order valence-electron chi connectivity index (χ4n) is 15.9. The van der Waals surface area contributed by atoms with Crippen molar-refractivity contribution in [3.05, 3.63) is 59.2 Å². The first-order valence-corrected chi connectivity index (χ1v) is 64.9. The number of rotatable bonds is 19. The second-order valence-electron chi connectivity index (χ2n) is 33.5. The number of nitrogens with zero attached hydrogens (tertiary/aromatic N) is 2. The van der Waals surface area contributed by atoms with Gasteiger partial charge < -0.3 is 4.74 Å². The molecule has 0 saturated heterocycles. The summed E-state index contributed by atoms with van der Waals surface area (Å²) >= 11 is 8.02. The van der Waals surface area contributed by atoms with Crippen LogP contribution in [0.2, 0.25) is 16.6 Å². The SMILES string of the molecule is CC#CC1CCC(C)(C(=O)OCC)C1.CC#CC1CCCC(C)C1.CC#CC1CCC[C@H](C)C1.CC#CCC(C)CCC(C)C.CCCCCC(C#C[Si](C(C)C)(C(C)C)C(C)C)CC(C)C.Cc1cccc(C(=O)NC2CCCC(C#[C][Tl]=[P+]=S)C2)n1.Cc1cccnc1C(=O)NC1CCCC(C#[C][Tl]=[P+]=S)C1. The van der Waals surface area contributed by atoms with Crippen molar-refractivity contribution in [3.8, 4) is 77.6 Å². The second kappa shape index (κ2) is 62.3. The van der Waals surface area contributed by atoms with Crippen LogP contribution < -0.4 is 10.6 Å². The number of nitrogens with one attached hydrogen (secondary N) is 2. The van der Waals surface area contributed by atoms with E-state index in [2.05, 4.69) is 195 Å². The number of carbonyl (C=O) groups excluding carboxylic acids is 3. The Labute approximate surface area is 705 Å². The van der Waals surface area contributed by atoms with Crippen molar-refractivity contribution < 1.29 is 19.1 Å². The average Bonchev–Trinajstić information content (AvgIpc) is 1.37. The van der Waals surface area contributed by atoms with Crippen molar-refractivity contribution in [2.75, 3.05) is 6.61 Å². The monoisotopic (exact) mass is 1960 g/mol. The summed E-state index contributed by atoms with van der Waals surface area (Å²) in [6, 6.07) is 9.74. The number of hydrogen-bond acceptors (Lipinski definition) is 8. The molecule has 12 atom stereocenters. The van der Waals surface area contributed by atoms with Gasteiger partial charge in [0.2, 0.25) is 0 Å². The molecule has 2 aromatic heterocycles. The Bertz CT molecular complexity index is 3500. The van der Waals surface area contributed by atoms with E-state index in [1.807, 2.05) is 79.7 Å². The van der Waals surface area contributed by atoms with E-state index in [1.54, 1.807) is 12.3 Å². The topological polar surface area (TPSA) is 110 Å². The van der Waals surface area contributed by atoms with Crippen LogP contribution in [-0.4, -0.2) is 101 Å². The van der Waals surface area contributed by atoms with Crippen LogP contribution >= 0.6 is 8.00 Å². The number of pyridine rings is 2. The zero-order valence-electron chi connectivity index (χ0n) is 72.4. The predicted octanol–water partition coefficient (Wildman–Crippen LogP) is 24.3. The number of ether oxygens (including phenoxy) is 1. The normalized spacial score (nSPS) is 21.9. The summed E-state index contributed by atoms with van der Waals surface area (Å²) < 4.78 is 14.0. The molecule has 11 unspecified atom stereocenters. The molecule has 15 heteroatoms. The summed E-state index contributed by atoms with van der Waals surface area (Å²) in [7, 11) is -1.55. The molecular weight excluding hydrogens is 1810 g/mol. The van der Waals surface area contributed by atoms with Gasteiger partial charge >= 0.3 is 293 Å². The molecule has 0 radical (unpaired) electrons. The van der Waals surface area contributed by atoms with Gasteiger partial charge in [-0.05, 0) is 152 Å². The van der Waals surface area contributed by atoms with E-state index < -0.39 is 54.3 Å². The summed E-state index contributed by atoms with van der Waals surface area (Å²) in [5, 5.41) is 6.23. The molecule has 2 heterocycles. The van der Waals surface area contributed by atoms with Crippen LogP contribution in [0.4, 0.5) is 0 Å².